The number of likely N-dealkylation sites (tertiary alicyclic amines) is 1. The number of hydrogen-bond acceptors (Lipinski definition) is 7. The Bertz CT molecular complexity index is 1010. The predicted molar refractivity (Wildman–Crippen MR) is 141 cm³/mol. The zero-order valence-corrected chi connectivity index (χ0v) is 22.6. The molecule has 1 amide bonds. The van der Waals surface area contributed by atoms with Crippen LogP contribution in [0.25, 0.3) is 0 Å². The molecule has 1 N–H and O–H groups in total. The molecule has 2 unspecified atom stereocenters. The average Bonchev–Trinajstić information content (AvgIpc) is 2.79. The Kier molecular flexibility index (Phi) is 9.63. The highest BCUT2D eigenvalue weighted by Gasteiger charge is 2.44. The minimum atomic E-state index is -0.538. The first kappa shape index (κ1) is 27.8. The number of aliphatic imine (C=N–C) groups is 1. The Morgan fingerprint density at radius 3 is 2.61 bits per heavy atom. The van der Waals surface area contributed by atoms with Gasteiger partial charge in [0.2, 0.25) is 5.88 Å². The molecule has 1 aromatic carbocycles. The smallest absolute Gasteiger partial charge is 0.410 e. The summed E-state index contributed by atoms with van der Waals surface area (Å²) >= 11 is 6.41. The summed E-state index contributed by atoms with van der Waals surface area (Å²) in [4.78, 5) is 19.1. The molecular weight excluding hydrogens is 480 g/mol. The van der Waals surface area contributed by atoms with Gasteiger partial charge in [0, 0.05) is 43.3 Å². The van der Waals surface area contributed by atoms with Crippen molar-refractivity contribution in [3.05, 3.63) is 40.2 Å². The number of carbonyl (C=O) groups is 1. The van der Waals surface area contributed by atoms with Crippen molar-refractivity contribution in [1.29, 1.82) is 5.26 Å². The lowest BCUT2D eigenvalue weighted by molar-refractivity contribution is -0.132. The van der Waals surface area contributed by atoms with Gasteiger partial charge in [-0.1, -0.05) is 24.6 Å². The van der Waals surface area contributed by atoms with Crippen LogP contribution in [0.15, 0.2) is 34.6 Å². The van der Waals surface area contributed by atoms with Crippen LogP contribution in [-0.4, -0.2) is 61.8 Å². The summed E-state index contributed by atoms with van der Waals surface area (Å²) in [6, 6.07) is 7.71. The zero-order valence-electron chi connectivity index (χ0n) is 21.8. The van der Waals surface area contributed by atoms with Crippen LogP contribution < -0.4 is 5.32 Å². The second kappa shape index (κ2) is 12.5. The summed E-state index contributed by atoms with van der Waals surface area (Å²) in [5.74, 6) is 0.633. The van der Waals surface area contributed by atoms with Crippen LogP contribution in [0.3, 0.4) is 0 Å². The highest BCUT2D eigenvalue weighted by atomic mass is 35.5. The van der Waals surface area contributed by atoms with Crippen LogP contribution in [0.2, 0.25) is 5.02 Å². The van der Waals surface area contributed by atoms with Crippen molar-refractivity contribution in [3.8, 4) is 6.07 Å². The number of ether oxygens (including phenoxy) is 3. The number of halogens is 1. The Labute approximate surface area is 219 Å². The molecule has 36 heavy (non-hydrogen) atoms. The van der Waals surface area contributed by atoms with Gasteiger partial charge in [-0.2, -0.15) is 5.26 Å². The van der Waals surface area contributed by atoms with E-state index in [1.54, 1.807) is 11.0 Å². The van der Waals surface area contributed by atoms with E-state index >= 15 is 0 Å². The van der Waals surface area contributed by atoms with Crippen LogP contribution in [0.5, 0.6) is 0 Å². The van der Waals surface area contributed by atoms with Crippen LogP contribution in [0, 0.1) is 23.2 Å². The van der Waals surface area contributed by atoms with Gasteiger partial charge in [0.25, 0.3) is 0 Å². The SMILES string of the molecule is CC/C=N\C(OC1C2COCC1CN(C(=O)OC(C)(C)C)C2)=C(\C)CNc1ccc(CC#N)cc1Cl. The van der Waals surface area contributed by atoms with Gasteiger partial charge in [-0.05, 0) is 51.8 Å². The van der Waals surface area contributed by atoms with E-state index in [4.69, 9.17) is 31.1 Å². The molecule has 2 fully saturated rings. The molecule has 1 aromatic rings. The van der Waals surface area contributed by atoms with Crippen molar-refractivity contribution in [3.63, 3.8) is 0 Å². The molecule has 0 aliphatic carbocycles. The van der Waals surface area contributed by atoms with Gasteiger partial charge in [0.05, 0.1) is 36.4 Å². The van der Waals surface area contributed by atoms with Crippen molar-refractivity contribution in [2.75, 3.05) is 38.2 Å². The van der Waals surface area contributed by atoms with E-state index in [0.717, 1.165) is 23.2 Å². The summed E-state index contributed by atoms with van der Waals surface area (Å²) in [6.07, 6.45) is 2.54. The van der Waals surface area contributed by atoms with Crippen LogP contribution in [0.1, 0.15) is 46.6 Å². The summed E-state index contributed by atoms with van der Waals surface area (Å²) in [5.41, 5.74) is 2.06. The molecule has 2 bridgehead atoms. The first-order chi connectivity index (χ1) is 17.1. The van der Waals surface area contributed by atoms with Crippen LogP contribution >= 0.6 is 11.6 Å². The lowest BCUT2D eigenvalue weighted by Crippen LogP contribution is -2.58. The number of hydrogen-bond donors (Lipinski definition) is 1. The number of nitriles is 1. The second-order valence-electron chi connectivity index (χ2n) is 10.3. The fourth-order valence-corrected chi connectivity index (χ4v) is 4.59. The topological polar surface area (TPSA) is 96.2 Å². The average molecular weight is 517 g/mol. The first-order valence-electron chi connectivity index (χ1n) is 12.4. The molecule has 3 rings (SSSR count). The molecule has 2 atom stereocenters. The van der Waals surface area contributed by atoms with Crippen LogP contribution in [-0.2, 0) is 20.6 Å². The lowest BCUT2D eigenvalue weighted by Gasteiger charge is -2.46. The van der Waals surface area contributed by atoms with Gasteiger partial charge in [-0.15, -0.1) is 0 Å². The fourth-order valence-electron chi connectivity index (χ4n) is 4.32. The van der Waals surface area contributed by atoms with Gasteiger partial charge in [0.1, 0.15) is 11.7 Å². The molecule has 2 aliphatic rings. The number of anilines is 1. The summed E-state index contributed by atoms with van der Waals surface area (Å²) in [7, 11) is 0. The second-order valence-corrected chi connectivity index (χ2v) is 10.7. The number of rotatable bonds is 8. The van der Waals surface area contributed by atoms with Gasteiger partial charge < -0.3 is 24.4 Å². The van der Waals surface area contributed by atoms with Crippen molar-refractivity contribution in [2.24, 2.45) is 16.8 Å². The number of nitrogens with one attached hydrogen (secondary N) is 1. The summed E-state index contributed by atoms with van der Waals surface area (Å²) in [5, 5.41) is 12.8. The fraction of sp³-hybridized carbons (Fsp3) is 0.593. The van der Waals surface area contributed by atoms with E-state index in [0.29, 0.717) is 50.2 Å². The first-order valence-corrected chi connectivity index (χ1v) is 12.8. The number of amides is 1. The number of carbonyl (C=O) groups excluding carboxylic acids is 1. The molecule has 0 radical (unpaired) electrons. The maximum atomic E-state index is 12.7. The van der Waals surface area contributed by atoms with Gasteiger partial charge >= 0.3 is 6.09 Å². The molecule has 196 valence electrons. The third kappa shape index (κ3) is 7.62. The van der Waals surface area contributed by atoms with E-state index in [2.05, 4.69) is 16.4 Å². The van der Waals surface area contributed by atoms with Gasteiger partial charge in [0.15, 0.2) is 0 Å². The zero-order chi connectivity index (χ0) is 26.3. The van der Waals surface area contributed by atoms with Crippen molar-refractivity contribution >= 4 is 29.6 Å². The highest BCUT2D eigenvalue weighted by molar-refractivity contribution is 6.33. The van der Waals surface area contributed by atoms with Crippen LogP contribution in [0.4, 0.5) is 10.5 Å². The quantitative estimate of drug-likeness (QED) is 0.365. The van der Waals surface area contributed by atoms with E-state index in [9.17, 15) is 4.79 Å². The maximum Gasteiger partial charge on any atom is 0.410 e. The lowest BCUT2D eigenvalue weighted by atomic mass is 9.84. The number of fused-ring (bicyclic) bond motifs is 2. The molecule has 9 heteroatoms. The van der Waals surface area contributed by atoms with E-state index in [-0.39, 0.29) is 24.0 Å². The van der Waals surface area contributed by atoms with Gasteiger partial charge in [-0.3, -0.25) is 0 Å². The highest BCUT2D eigenvalue weighted by Crippen LogP contribution is 2.33. The maximum absolute atomic E-state index is 12.7. The third-order valence-electron chi connectivity index (χ3n) is 6.02. The Morgan fingerprint density at radius 2 is 2.03 bits per heavy atom. The molecule has 2 saturated heterocycles. The molecule has 8 nitrogen and oxygen atoms in total. The summed E-state index contributed by atoms with van der Waals surface area (Å²) < 4.78 is 17.9. The Morgan fingerprint density at radius 1 is 1.33 bits per heavy atom. The largest absolute Gasteiger partial charge is 0.473 e. The normalized spacial score (nSPS) is 22.6. The molecular formula is C27H37ClN4O4. The Balaban J connectivity index is 1.72. The number of piperidine rings is 1. The van der Waals surface area contributed by atoms with E-state index < -0.39 is 5.60 Å². The minimum absolute atomic E-state index is 0.0275. The number of nitrogens with zero attached hydrogens (tertiary/aromatic N) is 3. The Hall–Kier alpha value is -2.76. The predicted octanol–water partition coefficient (Wildman–Crippen LogP) is 5.43. The third-order valence-corrected chi connectivity index (χ3v) is 6.33. The van der Waals surface area contributed by atoms with Crippen molar-refractivity contribution in [2.45, 2.75) is 59.2 Å². The van der Waals surface area contributed by atoms with Crippen molar-refractivity contribution < 1.29 is 19.0 Å². The summed E-state index contributed by atoms with van der Waals surface area (Å²) in [6.45, 7) is 12.2. The number of benzene rings is 1. The van der Waals surface area contributed by atoms with E-state index in [1.807, 2.05) is 53.0 Å². The molecule has 0 spiro atoms. The monoisotopic (exact) mass is 516 g/mol. The van der Waals surface area contributed by atoms with Gasteiger partial charge in [-0.25, -0.2) is 9.79 Å². The molecule has 2 heterocycles. The van der Waals surface area contributed by atoms with E-state index in [1.165, 1.54) is 0 Å². The minimum Gasteiger partial charge on any atom is -0.473 e. The molecule has 0 saturated carbocycles. The van der Waals surface area contributed by atoms with Crippen molar-refractivity contribution in [1.82, 2.24) is 4.90 Å². The molecule has 0 aromatic heterocycles. The standard InChI is InChI=1S/C27H37ClN4O4/c1-6-11-30-25(18(2)13-31-23-8-7-19(9-10-29)12-22(23)28)35-24-20-14-32(15-21(24)17-34-16-20)26(33)36-27(3,4)5/h7-8,11-12,20-21,24,31H,6,9,13-17H2,1-5H3/b25-18+,30-11-. The molecule has 2 aliphatic heterocycles.